The Balaban J connectivity index is 1.96. The van der Waals surface area contributed by atoms with Crippen LogP contribution in [0.5, 0.6) is 11.5 Å². The van der Waals surface area contributed by atoms with Crippen molar-refractivity contribution in [1.82, 2.24) is 0 Å². The van der Waals surface area contributed by atoms with E-state index >= 15 is 0 Å². The third-order valence-electron chi connectivity index (χ3n) is 4.02. The number of rotatable bonds is 4. The summed E-state index contributed by atoms with van der Waals surface area (Å²) in [6, 6.07) is 4.55. The highest BCUT2D eigenvalue weighted by Crippen LogP contribution is 2.37. The molecule has 0 heterocycles. The molecule has 158 valence electrons. The van der Waals surface area contributed by atoms with Crippen LogP contribution in [0, 0.1) is 23.3 Å². The summed E-state index contributed by atoms with van der Waals surface area (Å²) in [4.78, 5) is 12.1. The van der Waals surface area contributed by atoms with Crippen molar-refractivity contribution in [3.63, 3.8) is 0 Å². The van der Waals surface area contributed by atoms with Crippen LogP contribution in [0.1, 0.15) is 22.8 Å². The first-order chi connectivity index (χ1) is 14.0. The summed E-state index contributed by atoms with van der Waals surface area (Å²) in [5.41, 5.74) is -3.10. The van der Waals surface area contributed by atoms with Gasteiger partial charge in [-0.1, -0.05) is 0 Å². The standard InChI is InChI=1S/C20H11F7O3/c1-2-29-11-7-13(21)16(14(22)8-11)19(28)30-10-3-4-12-9(5-10)6-15(23)17(18(12)24)20(25,26)27/h3-8H,2H2,1H3. The molecule has 0 spiro atoms. The predicted molar refractivity (Wildman–Crippen MR) is 91.4 cm³/mol. The minimum absolute atomic E-state index is 0.128. The molecule has 0 aliphatic rings. The average Bonchev–Trinajstić information content (AvgIpc) is 2.59. The topological polar surface area (TPSA) is 35.5 Å². The van der Waals surface area contributed by atoms with E-state index in [1.165, 1.54) is 0 Å². The van der Waals surface area contributed by atoms with Crippen LogP contribution >= 0.6 is 0 Å². The first kappa shape index (κ1) is 21.4. The largest absolute Gasteiger partial charge is 0.494 e. The lowest BCUT2D eigenvalue weighted by Gasteiger charge is -2.12. The highest BCUT2D eigenvalue weighted by Gasteiger charge is 2.38. The van der Waals surface area contributed by atoms with Crippen LogP contribution in [-0.4, -0.2) is 12.6 Å². The molecule has 3 nitrogen and oxygen atoms in total. The van der Waals surface area contributed by atoms with Crippen molar-refractivity contribution in [1.29, 1.82) is 0 Å². The summed E-state index contributed by atoms with van der Waals surface area (Å²) in [6.07, 6.45) is -5.25. The van der Waals surface area contributed by atoms with E-state index in [9.17, 15) is 35.5 Å². The fraction of sp³-hybridized carbons (Fsp3) is 0.150. The van der Waals surface area contributed by atoms with Gasteiger partial charge in [-0.3, -0.25) is 0 Å². The minimum atomic E-state index is -5.25. The Labute approximate surface area is 164 Å². The Bertz CT molecular complexity index is 1120. The molecule has 0 atom stereocenters. The highest BCUT2D eigenvalue weighted by atomic mass is 19.4. The zero-order chi connectivity index (χ0) is 22.2. The van der Waals surface area contributed by atoms with Crippen molar-refractivity contribution < 1.29 is 45.0 Å². The van der Waals surface area contributed by atoms with Gasteiger partial charge in [0.2, 0.25) is 0 Å². The summed E-state index contributed by atoms with van der Waals surface area (Å²) < 4.78 is 104. The van der Waals surface area contributed by atoms with Gasteiger partial charge in [0.05, 0.1) is 6.61 Å². The van der Waals surface area contributed by atoms with Gasteiger partial charge < -0.3 is 9.47 Å². The summed E-state index contributed by atoms with van der Waals surface area (Å²) in [5.74, 6) is -8.23. The van der Waals surface area contributed by atoms with Crippen LogP contribution in [0.25, 0.3) is 10.8 Å². The predicted octanol–water partition coefficient (Wildman–Crippen LogP) is 6.03. The number of halogens is 7. The van der Waals surface area contributed by atoms with Crippen molar-refractivity contribution in [2.75, 3.05) is 6.61 Å². The second-order valence-corrected chi connectivity index (χ2v) is 6.01. The second kappa shape index (κ2) is 7.85. The molecule has 3 rings (SSSR count). The highest BCUT2D eigenvalue weighted by molar-refractivity contribution is 5.93. The van der Waals surface area contributed by atoms with Crippen molar-refractivity contribution in [2.45, 2.75) is 13.1 Å². The number of fused-ring (bicyclic) bond motifs is 1. The normalized spacial score (nSPS) is 11.6. The van der Waals surface area contributed by atoms with Crippen molar-refractivity contribution in [2.24, 2.45) is 0 Å². The Hall–Kier alpha value is -3.30. The van der Waals surface area contributed by atoms with E-state index < -0.39 is 57.7 Å². The van der Waals surface area contributed by atoms with Crippen molar-refractivity contribution in [3.05, 3.63) is 70.8 Å². The van der Waals surface area contributed by atoms with E-state index in [0.717, 1.165) is 30.3 Å². The van der Waals surface area contributed by atoms with Crippen LogP contribution in [0.2, 0.25) is 0 Å². The molecular formula is C20H11F7O3. The lowest BCUT2D eigenvalue weighted by molar-refractivity contribution is -0.142. The molecule has 0 N–H and O–H groups in total. The molecule has 0 saturated heterocycles. The Morgan fingerprint density at radius 3 is 2.10 bits per heavy atom. The molecule has 0 aromatic heterocycles. The maximum Gasteiger partial charge on any atom is 0.422 e. The number of alkyl halides is 3. The van der Waals surface area contributed by atoms with Crippen molar-refractivity contribution >= 4 is 16.7 Å². The van der Waals surface area contributed by atoms with E-state index in [2.05, 4.69) is 0 Å². The van der Waals surface area contributed by atoms with Crippen molar-refractivity contribution in [3.8, 4) is 11.5 Å². The van der Waals surface area contributed by atoms with Gasteiger partial charge in [0.25, 0.3) is 0 Å². The summed E-state index contributed by atoms with van der Waals surface area (Å²) in [6.45, 7) is 1.71. The fourth-order valence-electron chi connectivity index (χ4n) is 2.78. The lowest BCUT2D eigenvalue weighted by atomic mass is 10.0. The van der Waals surface area contributed by atoms with Gasteiger partial charge in [-0.15, -0.1) is 0 Å². The quantitative estimate of drug-likeness (QED) is 0.287. The number of ether oxygens (including phenoxy) is 2. The molecule has 10 heteroatoms. The Morgan fingerprint density at radius 2 is 1.53 bits per heavy atom. The molecule has 0 aliphatic heterocycles. The van der Waals surface area contributed by atoms with Gasteiger partial charge in [-0.25, -0.2) is 22.4 Å². The van der Waals surface area contributed by atoms with Crippen LogP contribution < -0.4 is 9.47 Å². The number of carbonyl (C=O) groups is 1. The van der Waals surface area contributed by atoms with E-state index in [0.29, 0.717) is 6.07 Å². The molecule has 0 bridgehead atoms. The average molecular weight is 432 g/mol. The molecule has 0 aliphatic carbocycles. The first-order valence-electron chi connectivity index (χ1n) is 8.36. The van der Waals surface area contributed by atoms with Gasteiger partial charge in [0.1, 0.15) is 45.9 Å². The van der Waals surface area contributed by atoms with Gasteiger partial charge in [0.15, 0.2) is 0 Å². The number of hydrogen-bond acceptors (Lipinski definition) is 3. The van der Waals surface area contributed by atoms with Gasteiger partial charge in [0, 0.05) is 17.5 Å². The SMILES string of the molecule is CCOc1cc(F)c(C(=O)Oc2ccc3c(F)c(C(F)(F)F)c(F)cc3c2)c(F)c1. The fourth-order valence-corrected chi connectivity index (χ4v) is 2.78. The molecule has 30 heavy (non-hydrogen) atoms. The van der Waals surface area contributed by atoms with E-state index in [-0.39, 0.29) is 17.7 Å². The van der Waals surface area contributed by atoms with Gasteiger partial charge in [-0.05, 0) is 36.6 Å². The number of carbonyl (C=O) groups excluding carboxylic acids is 1. The molecule has 0 radical (unpaired) electrons. The zero-order valence-corrected chi connectivity index (χ0v) is 15.0. The molecule has 0 fully saturated rings. The van der Waals surface area contributed by atoms with Gasteiger partial charge in [-0.2, -0.15) is 13.2 Å². The zero-order valence-electron chi connectivity index (χ0n) is 15.0. The van der Waals surface area contributed by atoms with E-state index in [4.69, 9.17) is 9.47 Å². The summed E-state index contributed by atoms with van der Waals surface area (Å²) >= 11 is 0. The van der Waals surface area contributed by atoms with Crippen LogP contribution in [0.4, 0.5) is 30.7 Å². The third-order valence-corrected chi connectivity index (χ3v) is 4.02. The molecule has 3 aromatic rings. The number of hydrogen-bond donors (Lipinski definition) is 0. The smallest absolute Gasteiger partial charge is 0.422 e. The molecule has 3 aromatic carbocycles. The lowest BCUT2D eigenvalue weighted by Crippen LogP contribution is -2.14. The van der Waals surface area contributed by atoms with E-state index in [1.807, 2.05) is 0 Å². The van der Waals surface area contributed by atoms with E-state index in [1.54, 1.807) is 6.92 Å². The van der Waals surface area contributed by atoms with Crippen LogP contribution in [0.15, 0.2) is 36.4 Å². The van der Waals surface area contributed by atoms with Crippen LogP contribution in [0.3, 0.4) is 0 Å². The monoisotopic (exact) mass is 432 g/mol. The maximum atomic E-state index is 14.1. The van der Waals surface area contributed by atoms with Gasteiger partial charge >= 0.3 is 12.1 Å². The third kappa shape index (κ3) is 4.03. The Morgan fingerprint density at radius 1 is 0.900 bits per heavy atom. The molecular weight excluding hydrogens is 421 g/mol. The minimum Gasteiger partial charge on any atom is -0.494 e. The van der Waals surface area contributed by atoms with Crippen LogP contribution in [-0.2, 0) is 6.18 Å². The summed E-state index contributed by atoms with van der Waals surface area (Å²) in [7, 11) is 0. The molecule has 0 unspecified atom stereocenters. The Kier molecular flexibility index (Phi) is 5.60. The second-order valence-electron chi connectivity index (χ2n) is 6.01. The number of benzene rings is 3. The summed E-state index contributed by atoms with van der Waals surface area (Å²) in [5, 5.41) is -0.933. The molecule has 0 amide bonds. The number of esters is 1. The first-order valence-corrected chi connectivity index (χ1v) is 8.36. The molecule has 0 saturated carbocycles. The maximum absolute atomic E-state index is 14.1.